The average molecular weight is 500 g/mol. The maximum Gasteiger partial charge on any atom is 0.261 e. The molecule has 8 nitrogen and oxygen atoms in total. The van der Waals surface area contributed by atoms with Gasteiger partial charge in [-0.1, -0.05) is 0 Å². The predicted octanol–water partition coefficient (Wildman–Crippen LogP) is 5.04. The number of carbonyl (C=O) groups is 1. The van der Waals surface area contributed by atoms with Crippen LogP contribution >= 0.6 is 11.3 Å². The Morgan fingerprint density at radius 1 is 1.29 bits per heavy atom. The van der Waals surface area contributed by atoms with Crippen LogP contribution in [0.5, 0.6) is 5.75 Å². The number of anilines is 2. The highest BCUT2D eigenvalue weighted by Gasteiger charge is 2.21. The SMILES string of the molecule is CC(C)=NCCCNC(=O)c1sc2ncnc(Nc3ccc(F)cc3OC3CCOCC3)c2c1C. The molecule has 1 aromatic carbocycles. The zero-order valence-electron chi connectivity index (χ0n) is 20.2. The number of aliphatic imine (C=N–C) groups is 1. The van der Waals surface area contributed by atoms with Gasteiger partial charge in [-0.15, -0.1) is 11.3 Å². The summed E-state index contributed by atoms with van der Waals surface area (Å²) in [6.07, 6.45) is 3.69. The van der Waals surface area contributed by atoms with Crippen molar-refractivity contribution in [3.63, 3.8) is 0 Å². The van der Waals surface area contributed by atoms with E-state index in [1.165, 1.54) is 29.8 Å². The molecule has 1 amide bonds. The van der Waals surface area contributed by atoms with Gasteiger partial charge in [-0.25, -0.2) is 14.4 Å². The summed E-state index contributed by atoms with van der Waals surface area (Å²) in [7, 11) is 0. The van der Waals surface area contributed by atoms with E-state index in [0.29, 0.717) is 53.3 Å². The summed E-state index contributed by atoms with van der Waals surface area (Å²) < 4.78 is 25.5. The van der Waals surface area contributed by atoms with Crippen LogP contribution in [0.2, 0.25) is 0 Å². The van der Waals surface area contributed by atoms with Crippen molar-refractivity contribution in [2.24, 2.45) is 4.99 Å². The molecule has 1 aliphatic rings. The number of carbonyl (C=O) groups excluding carboxylic acids is 1. The third-order valence-electron chi connectivity index (χ3n) is 5.64. The highest BCUT2D eigenvalue weighted by Crippen LogP contribution is 2.37. The number of halogens is 1. The first-order valence-corrected chi connectivity index (χ1v) is 12.5. The van der Waals surface area contributed by atoms with E-state index in [0.717, 1.165) is 35.9 Å². The minimum absolute atomic E-state index is 0.0402. The summed E-state index contributed by atoms with van der Waals surface area (Å²) in [4.78, 5) is 27.3. The summed E-state index contributed by atoms with van der Waals surface area (Å²) >= 11 is 1.32. The van der Waals surface area contributed by atoms with Gasteiger partial charge < -0.3 is 20.1 Å². The highest BCUT2D eigenvalue weighted by molar-refractivity contribution is 7.20. The fourth-order valence-electron chi connectivity index (χ4n) is 3.84. The number of hydrogen-bond donors (Lipinski definition) is 2. The maximum atomic E-state index is 14.0. The molecule has 186 valence electrons. The van der Waals surface area contributed by atoms with Gasteiger partial charge in [-0.2, -0.15) is 0 Å². The molecule has 2 aromatic heterocycles. The zero-order chi connectivity index (χ0) is 24.8. The van der Waals surface area contributed by atoms with Gasteiger partial charge in [-0.3, -0.25) is 9.79 Å². The third-order valence-corrected chi connectivity index (χ3v) is 6.84. The number of benzene rings is 1. The number of aryl methyl sites for hydroxylation is 1. The lowest BCUT2D eigenvalue weighted by Crippen LogP contribution is -2.26. The Labute approximate surface area is 208 Å². The molecule has 3 aromatic rings. The lowest BCUT2D eigenvalue weighted by molar-refractivity contribution is 0.0257. The second kappa shape index (κ2) is 11.5. The van der Waals surface area contributed by atoms with Crippen LogP contribution in [-0.2, 0) is 4.74 Å². The number of ether oxygens (including phenoxy) is 2. The molecule has 0 radical (unpaired) electrons. The molecule has 10 heteroatoms. The molecule has 1 aliphatic heterocycles. The number of amides is 1. The van der Waals surface area contributed by atoms with Crippen LogP contribution in [0, 0.1) is 12.7 Å². The van der Waals surface area contributed by atoms with Gasteiger partial charge in [0, 0.05) is 37.7 Å². The quantitative estimate of drug-likeness (QED) is 0.316. The van der Waals surface area contributed by atoms with Gasteiger partial charge in [0.05, 0.1) is 29.2 Å². The third kappa shape index (κ3) is 6.32. The fourth-order valence-corrected chi connectivity index (χ4v) is 4.91. The molecular weight excluding hydrogens is 469 g/mol. The van der Waals surface area contributed by atoms with Crippen LogP contribution in [-0.4, -0.2) is 54.0 Å². The molecule has 4 rings (SSSR count). The molecule has 1 fully saturated rings. The average Bonchev–Trinajstić information content (AvgIpc) is 3.18. The minimum atomic E-state index is -0.379. The van der Waals surface area contributed by atoms with Crippen molar-refractivity contribution in [1.29, 1.82) is 0 Å². The van der Waals surface area contributed by atoms with E-state index in [1.807, 2.05) is 20.8 Å². The molecule has 0 bridgehead atoms. The first-order chi connectivity index (χ1) is 16.9. The Morgan fingerprint density at radius 2 is 2.09 bits per heavy atom. The molecule has 0 atom stereocenters. The Balaban J connectivity index is 1.54. The predicted molar refractivity (Wildman–Crippen MR) is 137 cm³/mol. The van der Waals surface area contributed by atoms with Crippen LogP contribution in [0.4, 0.5) is 15.9 Å². The highest BCUT2D eigenvalue weighted by atomic mass is 32.1. The summed E-state index contributed by atoms with van der Waals surface area (Å²) in [6.45, 7) is 8.28. The van der Waals surface area contributed by atoms with Gasteiger partial charge in [0.1, 0.15) is 34.6 Å². The summed E-state index contributed by atoms with van der Waals surface area (Å²) in [6, 6.07) is 4.38. The number of nitrogens with one attached hydrogen (secondary N) is 2. The molecule has 2 N–H and O–H groups in total. The van der Waals surface area contributed by atoms with Crippen molar-refractivity contribution in [3.8, 4) is 5.75 Å². The Hall–Kier alpha value is -3.11. The van der Waals surface area contributed by atoms with Gasteiger partial charge in [0.15, 0.2) is 0 Å². The first kappa shape index (κ1) is 25.0. The smallest absolute Gasteiger partial charge is 0.261 e. The Kier molecular flexibility index (Phi) is 8.25. The van der Waals surface area contributed by atoms with Gasteiger partial charge in [0.2, 0.25) is 0 Å². The monoisotopic (exact) mass is 499 g/mol. The standard InChI is InChI=1S/C25H30FN5O3S/c1-15(2)27-9-4-10-28-24(32)22-16(3)21-23(29-14-30-25(21)35-22)31-19-6-5-17(26)13-20(19)34-18-7-11-33-12-8-18/h5-6,13-14,18H,4,7-12H2,1-3H3,(H,28,32)(H,29,30,31). The molecule has 0 aliphatic carbocycles. The van der Waals surface area contributed by atoms with Gasteiger partial charge >= 0.3 is 0 Å². The van der Waals surface area contributed by atoms with Crippen LogP contribution < -0.4 is 15.4 Å². The van der Waals surface area contributed by atoms with Gasteiger partial charge in [-0.05, 0) is 44.9 Å². The maximum absolute atomic E-state index is 14.0. The molecule has 1 saturated heterocycles. The van der Waals surface area contributed by atoms with E-state index in [-0.39, 0.29) is 17.8 Å². The van der Waals surface area contributed by atoms with Crippen LogP contribution in [0.25, 0.3) is 10.2 Å². The second-order valence-electron chi connectivity index (χ2n) is 8.59. The van der Waals surface area contributed by atoms with Crippen molar-refractivity contribution in [1.82, 2.24) is 15.3 Å². The number of nitrogens with zero attached hydrogens (tertiary/aromatic N) is 3. The molecule has 0 saturated carbocycles. The lowest BCUT2D eigenvalue weighted by Gasteiger charge is -2.24. The molecule has 0 spiro atoms. The Bertz CT molecular complexity index is 1220. The minimum Gasteiger partial charge on any atom is -0.488 e. The lowest BCUT2D eigenvalue weighted by atomic mass is 10.1. The van der Waals surface area contributed by atoms with E-state index in [9.17, 15) is 9.18 Å². The number of rotatable bonds is 9. The van der Waals surface area contributed by atoms with Crippen LogP contribution in [0.15, 0.2) is 29.5 Å². The van der Waals surface area contributed by atoms with E-state index < -0.39 is 0 Å². The van der Waals surface area contributed by atoms with E-state index in [1.54, 1.807) is 6.07 Å². The van der Waals surface area contributed by atoms with Crippen molar-refractivity contribution < 1.29 is 18.7 Å². The number of fused-ring (bicyclic) bond motifs is 1. The molecular formula is C25H30FN5O3S. The fraction of sp³-hybridized carbons (Fsp3) is 0.440. The normalized spacial score (nSPS) is 14.1. The van der Waals surface area contributed by atoms with Crippen molar-refractivity contribution >= 4 is 44.7 Å². The van der Waals surface area contributed by atoms with E-state index in [4.69, 9.17) is 9.47 Å². The van der Waals surface area contributed by atoms with E-state index in [2.05, 4.69) is 25.6 Å². The topological polar surface area (TPSA) is 97.7 Å². The summed E-state index contributed by atoms with van der Waals surface area (Å²) in [5.41, 5.74) is 2.42. The number of hydrogen-bond acceptors (Lipinski definition) is 8. The van der Waals surface area contributed by atoms with Crippen molar-refractivity contribution in [2.75, 3.05) is 31.6 Å². The zero-order valence-corrected chi connectivity index (χ0v) is 21.0. The largest absolute Gasteiger partial charge is 0.488 e. The van der Waals surface area contributed by atoms with Crippen molar-refractivity contribution in [2.45, 2.75) is 46.1 Å². The van der Waals surface area contributed by atoms with Gasteiger partial charge in [0.25, 0.3) is 5.91 Å². The number of thiophene rings is 1. The number of aromatic nitrogens is 2. The molecule has 0 unspecified atom stereocenters. The second-order valence-corrected chi connectivity index (χ2v) is 9.59. The van der Waals surface area contributed by atoms with Crippen LogP contribution in [0.1, 0.15) is 48.3 Å². The van der Waals surface area contributed by atoms with Crippen molar-refractivity contribution in [3.05, 3.63) is 40.8 Å². The summed E-state index contributed by atoms with van der Waals surface area (Å²) in [5, 5.41) is 7.01. The molecule has 3 heterocycles. The first-order valence-electron chi connectivity index (χ1n) is 11.7. The van der Waals surface area contributed by atoms with Crippen LogP contribution in [0.3, 0.4) is 0 Å². The van der Waals surface area contributed by atoms with E-state index >= 15 is 0 Å². The molecule has 35 heavy (non-hydrogen) atoms. The summed E-state index contributed by atoms with van der Waals surface area (Å²) in [5.74, 6) is 0.438. The Morgan fingerprint density at radius 3 is 2.86 bits per heavy atom.